The Kier molecular flexibility index (Phi) is 3.91. The minimum atomic E-state index is -4.39. The zero-order valence-corrected chi connectivity index (χ0v) is 10.8. The fourth-order valence-corrected chi connectivity index (χ4v) is 1.97. The molecule has 102 valence electrons. The molecule has 0 aliphatic carbocycles. The van der Waals surface area contributed by atoms with Crippen LogP contribution in [0.3, 0.4) is 0 Å². The van der Waals surface area contributed by atoms with Crippen LogP contribution < -0.4 is 5.32 Å². The molecule has 0 saturated carbocycles. The largest absolute Gasteiger partial charge is 0.416 e. The maximum atomic E-state index is 12.6. The highest BCUT2D eigenvalue weighted by Gasteiger charge is 2.30. The van der Waals surface area contributed by atoms with Gasteiger partial charge in [0.15, 0.2) is 0 Å². The molecule has 1 aromatic carbocycles. The Morgan fingerprint density at radius 3 is 2.63 bits per heavy atom. The summed E-state index contributed by atoms with van der Waals surface area (Å²) in [7, 11) is 1.78. The monoisotopic (exact) mass is 289 g/mol. The highest BCUT2D eigenvalue weighted by atomic mass is 35.5. The Morgan fingerprint density at radius 1 is 1.26 bits per heavy atom. The molecule has 7 heteroatoms. The molecule has 0 amide bonds. The second kappa shape index (κ2) is 5.30. The second-order valence-corrected chi connectivity index (χ2v) is 4.36. The van der Waals surface area contributed by atoms with Crippen LogP contribution in [0.2, 0.25) is 5.28 Å². The van der Waals surface area contributed by atoms with Gasteiger partial charge in [-0.1, -0.05) is 6.07 Å². The number of likely N-dealkylation sites (N-methyl/N-ethyl adjacent to an activating group) is 1. The summed E-state index contributed by atoms with van der Waals surface area (Å²) in [6.45, 7) is 0.656. The molecule has 0 radical (unpaired) electrons. The summed E-state index contributed by atoms with van der Waals surface area (Å²) in [4.78, 5) is 7.92. The third-order valence-corrected chi connectivity index (χ3v) is 2.86. The number of aromatic nitrogens is 2. The van der Waals surface area contributed by atoms with E-state index in [1.54, 1.807) is 7.05 Å². The lowest BCUT2D eigenvalue weighted by atomic mass is 10.1. The van der Waals surface area contributed by atoms with E-state index < -0.39 is 11.7 Å². The van der Waals surface area contributed by atoms with E-state index in [1.165, 1.54) is 6.07 Å². The summed E-state index contributed by atoms with van der Waals surface area (Å²) in [5.41, 5.74) is 0.105. The number of rotatable bonds is 3. The number of alkyl halides is 3. The molecule has 0 fully saturated rings. The molecule has 0 aliphatic rings. The average molecular weight is 290 g/mol. The first-order valence-electron chi connectivity index (χ1n) is 5.60. The van der Waals surface area contributed by atoms with Gasteiger partial charge in [0.25, 0.3) is 0 Å². The molecule has 0 saturated heterocycles. The Morgan fingerprint density at radius 2 is 2.00 bits per heavy atom. The molecule has 3 nitrogen and oxygen atoms in total. The average Bonchev–Trinajstić information content (AvgIpc) is 2.33. The molecule has 0 atom stereocenters. The van der Waals surface area contributed by atoms with Crippen molar-refractivity contribution in [1.82, 2.24) is 15.3 Å². The third-order valence-electron chi connectivity index (χ3n) is 2.69. The van der Waals surface area contributed by atoms with Crippen molar-refractivity contribution in [2.75, 3.05) is 13.6 Å². The normalized spacial score (nSPS) is 12.1. The van der Waals surface area contributed by atoms with E-state index in [9.17, 15) is 13.2 Å². The van der Waals surface area contributed by atoms with Gasteiger partial charge in [0.05, 0.1) is 16.8 Å². The van der Waals surface area contributed by atoms with Crippen molar-refractivity contribution in [3.8, 4) is 0 Å². The van der Waals surface area contributed by atoms with Crippen LogP contribution in [-0.2, 0) is 12.6 Å². The van der Waals surface area contributed by atoms with Crippen molar-refractivity contribution in [3.63, 3.8) is 0 Å². The zero-order valence-electron chi connectivity index (χ0n) is 10.1. The minimum Gasteiger partial charge on any atom is -0.319 e. The lowest BCUT2D eigenvalue weighted by Gasteiger charge is -2.10. The van der Waals surface area contributed by atoms with Crippen molar-refractivity contribution in [1.29, 1.82) is 0 Å². The molecule has 1 heterocycles. The van der Waals surface area contributed by atoms with Crippen molar-refractivity contribution in [2.24, 2.45) is 0 Å². The molecule has 0 unspecified atom stereocenters. The number of nitrogens with zero attached hydrogens (tertiary/aromatic N) is 2. The summed E-state index contributed by atoms with van der Waals surface area (Å²) in [5.74, 6) is 0. The van der Waals surface area contributed by atoms with Crippen molar-refractivity contribution >= 4 is 22.5 Å². The molecule has 2 aromatic rings. The Hall–Kier alpha value is -1.40. The van der Waals surface area contributed by atoms with Crippen LogP contribution >= 0.6 is 11.6 Å². The van der Waals surface area contributed by atoms with Crippen LogP contribution in [-0.4, -0.2) is 23.6 Å². The fourth-order valence-electron chi connectivity index (χ4n) is 1.77. The third kappa shape index (κ3) is 3.13. The predicted octanol–water partition coefficient (Wildman–Crippen LogP) is 3.06. The van der Waals surface area contributed by atoms with Gasteiger partial charge in [-0.15, -0.1) is 0 Å². The lowest BCUT2D eigenvalue weighted by Crippen LogP contribution is -2.12. The number of hydrogen-bond donors (Lipinski definition) is 1. The van der Waals surface area contributed by atoms with Crippen molar-refractivity contribution in [2.45, 2.75) is 12.6 Å². The highest BCUT2D eigenvalue weighted by Crippen LogP contribution is 2.31. The van der Waals surface area contributed by atoms with Gasteiger partial charge < -0.3 is 5.32 Å². The zero-order chi connectivity index (χ0) is 14.0. The molecule has 0 bridgehead atoms. The summed E-state index contributed by atoms with van der Waals surface area (Å²) in [6, 6.07) is 3.41. The highest BCUT2D eigenvalue weighted by molar-refractivity contribution is 6.28. The van der Waals surface area contributed by atoms with Gasteiger partial charge in [-0.25, -0.2) is 9.97 Å². The molecular weight excluding hydrogens is 279 g/mol. The SMILES string of the molecule is CNCCc1nc(Cl)nc2cc(C(F)(F)F)ccc12. The van der Waals surface area contributed by atoms with E-state index in [1.807, 2.05) is 0 Å². The van der Waals surface area contributed by atoms with E-state index >= 15 is 0 Å². The topological polar surface area (TPSA) is 37.8 Å². The molecule has 0 spiro atoms. The second-order valence-electron chi connectivity index (χ2n) is 4.02. The number of benzene rings is 1. The molecule has 19 heavy (non-hydrogen) atoms. The van der Waals surface area contributed by atoms with Crippen LogP contribution in [0.4, 0.5) is 13.2 Å². The maximum Gasteiger partial charge on any atom is 0.416 e. The standard InChI is InChI=1S/C12H11ClF3N3/c1-17-5-4-9-8-3-2-7(12(14,15)16)6-10(8)19-11(13)18-9/h2-3,6,17H,4-5H2,1H3. The smallest absolute Gasteiger partial charge is 0.319 e. The first-order chi connectivity index (χ1) is 8.91. The molecule has 2 rings (SSSR count). The fraction of sp³-hybridized carbons (Fsp3) is 0.333. The van der Waals surface area contributed by atoms with Gasteiger partial charge in [0.2, 0.25) is 5.28 Å². The Labute approximate surface area is 112 Å². The van der Waals surface area contributed by atoms with Gasteiger partial charge >= 0.3 is 6.18 Å². The number of hydrogen-bond acceptors (Lipinski definition) is 3. The first kappa shape index (κ1) is 14.0. The van der Waals surface area contributed by atoms with Crippen LogP contribution in [0.1, 0.15) is 11.3 Å². The summed E-state index contributed by atoms with van der Waals surface area (Å²) in [6.07, 6.45) is -3.82. The number of halogens is 4. The number of fused-ring (bicyclic) bond motifs is 1. The van der Waals surface area contributed by atoms with E-state index in [2.05, 4.69) is 15.3 Å². The number of nitrogens with one attached hydrogen (secondary N) is 1. The summed E-state index contributed by atoms with van der Waals surface area (Å²) >= 11 is 5.75. The first-order valence-corrected chi connectivity index (χ1v) is 5.97. The van der Waals surface area contributed by atoms with Crippen LogP contribution in [0.25, 0.3) is 10.9 Å². The van der Waals surface area contributed by atoms with E-state index in [0.29, 0.717) is 24.0 Å². The van der Waals surface area contributed by atoms with Gasteiger partial charge in [-0.3, -0.25) is 0 Å². The van der Waals surface area contributed by atoms with E-state index in [0.717, 1.165) is 12.1 Å². The van der Waals surface area contributed by atoms with Crippen LogP contribution in [0, 0.1) is 0 Å². The van der Waals surface area contributed by atoms with Crippen molar-refractivity contribution < 1.29 is 13.2 Å². The van der Waals surface area contributed by atoms with E-state index in [4.69, 9.17) is 11.6 Å². The Bertz CT molecular complexity index is 599. The molecule has 1 N–H and O–H groups in total. The maximum absolute atomic E-state index is 12.6. The summed E-state index contributed by atoms with van der Waals surface area (Å²) < 4.78 is 37.9. The van der Waals surface area contributed by atoms with E-state index in [-0.39, 0.29) is 10.8 Å². The van der Waals surface area contributed by atoms with Gasteiger partial charge in [0.1, 0.15) is 0 Å². The minimum absolute atomic E-state index is 0.0436. The van der Waals surface area contributed by atoms with Crippen LogP contribution in [0.5, 0.6) is 0 Å². The molecule has 1 aromatic heterocycles. The molecule has 0 aliphatic heterocycles. The molecular formula is C12H11ClF3N3. The van der Waals surface area contributed by atoms with Gasteiger partial charge in [0, 0.05) is 18.4 Å². The van der Waals surface area contributed by atoms with Gasteiger partial charge in [-0.2, -0.15) is 13.2 Å². The van der Waals surface area contributed by atoms with Crippen LogP contribution in [0.15, 0.2) is 18.2 Å². The summed E-state index contributed by atoms with van der Waals surface area (Å²) in [5, 5.41) is 3.50. The predicted molar refractivity (Wildman–Crippen MR) is 67.2 cm³/mol. The van der Waals surface area contributed by atoms with Crippen molar-refractivity contribution in [3.05, 3.63) is 34.7 Å². The quantitative estimate of drug-likeness (QED) is 0.883. The lowest BCUT2D eigenvalue weighted by molar-refractivity contribution is -0.137. The van der Waals surface area contributed by atoms with Gasteiger partial charge in [-0.05, 0) is 30.8 Å². The Balaban J connectivity index is 2.55.